The van der Waals surface area contributed by atoms with Crippen LogP contribution in [-0.2, 0) is 32.0 Å². The Balaban J connectivity index is 0.00000870. The monoisotopic (exact) mass is 806 g/mol. The number of amides is 1. The zero-order chi connectivity index (χ0) is 41.1. The van der Waals surface area contributed by atoms with Gasteiger partial charge >= 0.3 is 0 Å². The highest BCUT2D eigenvalue weighted by Gasteiger charge is 2.34. The maximum absolute atomic E-state index is 14.2. The van der Waals surface area contributed by atoms with Crippen molar-refractivity contribution in [2.45, 2.75) is 84.8 Å². The van der Waals surface area contributed by atoms with E-state index in [0.29, 0.717) is 65.5 Å². The van der Waals surface area contributed by atoms with Gasteiger partial charge in [0.2, 0.25) is 11.7 Å². The Bertz CT molecular complexity index is 1890. The lowest BCUT2D eigenvalue weighted by atomic mass is 9.81. The Hall–Kier alpha value is -4.71. The minimum atomic E-state index is -1.32. The molecule has 1 amide bonds. The molecule has 0 radical (unpaired) electrons. The lowest BCUT2D eigenvalue weighted by Gasteiger charge is -2.24. The van der Waals surface area contributed by atoms with E-state index in [-0.39, 0.29) is 61.0 Å². The largest absolute Gasteiger partial charge is 1.00 e. The number of rotatable bonds is 20. The smallest absolute Gasteiger partial charge is 0.228 e. The summed E-state index contributed by atoms with van der Waals surface area (Å²) in [5.41, 5.74) is 8.18. The molecule has 11 nitrogen and oxygen atoms in total. The number of halogens is 1. The van der Waals surface area contributed by atoms with Crippen LogP contribution in [0.2, 0.25) is 0 Å². The lowest BCUT2D eigenvalue weighted by Crippen LogP contribution is -3.00. The second-order valence-electron chi connectivity index (χ2n) is 15.5. The van der Waals surface area contributed by atoms with Gasteiger partial charge in [-0.25, -0.2) is 0 Å². The highest BCUT2D eigenvalue weighted by molar-refractivity contribution is 6.04. The second-order valence-corrected chi connectivity index (χ2v) is 15.5. The number of ketones is 3. The van der Waals surface area contributed by atoms with Crippen LogP contribution >= 0.6 is 0 Å². The summed E-state index contributed by atoms with van der Waals surface area (Å²) in [7, 11) is 6.12. The van der Waals surface area contributed by atoms with E-state index in [4.69, 9.17) is 18.9 Å². The summed E-state index contributed by atoms with van der Waals surface area (Å²) in [4.78, 5) is 54.7. The zero-order valence-corrected chi connectivity index (χ0v) is 35.2. The van der Waals surface area contributed by atoms with Gasteiger partial charge in [0.05, 0.1) is 34.1 Å². The molecule has 4 atom stereocenters. The molecule has 1 aliphatic rings. The third-order valence-electron chi connectivity index (χ3n) is 10.3. The maximum Gasteiger partial charge on any atom is 0.228 e. The number of nitrogens with one attached hydrogen (secondary N) is 1. The van der Waals surface area contributed by atoms with E-state index < -0.39 is 29.8 Å². The molecule has 0 heterocycles. The van der Waals surface area contributed by atoms with E-state index in [0.717, 1.165) is 16.7 Å². The topological polar surface area (TPSA) is 165 Å². The first kappa shape index (κ1) is 46.7. The van der Waals surface area contributed by atoms with E-state index >= 15 is 0 Å². The third kappa shape index (κ3) is 12.1. The number of methoxy groups -OCH3 is 4. The number of carbonyl (C=O) groups excluding carboxylic acids is 4. The van der Waals surface area contributed by atoms with Crippen molar-refractivity contribution in [1.29, 1.82) is 0 Å². The van der Waals surface area contributed by atoms with Crippen LogP contribution in [0.3, 0.4) is 0 Å². The third-order valence-corrected chi connectivity index (χ3v) is 10.3. The molecule has 0 fully saturated rings. The molecule has 1 aliphatic carbocycles. The summed E-state index contributed by atoms with van der Waals surface area (Å²) < 4.78 is 22.7. The Kier molecular flexibility index (Phi) is 17.8. The fourth-order valence-corrected chi connectivity index (χ4v) is 7.52. The Morgan fingerprint density at radius 3 is 1.98 bits per heavy atom. The molecular weight excluding hydrogens is 748 g/mol. The number of allylic oxidation sites excluding steroid dienone is 1. The van der Waals surface area contributed by atoms with Gasteiger partial charge in [0, 0.05) is 43.1 Å². The van der Waals surface area contributed by atoms with Crippen LogP contribution in [-0.4, -0.2) is 68.9 Å². The molecule has 0 aliphatic heterocycles. The van der Waals surface area contributed by atoms with Crippen molar-refractivity contribution in [3.05, 3.63) is 82.9 Å². The van der Waals surface area contributed by atoms with Crippen molar-refractivity contribution in [3.8, 4) is 23.0 Å². The van der Waals surface area contributed by atoms with Crippen LogP contribution in [0, 0.1) is 23.7 Å². The first-order valence-corrected chi connectivity index (χ1v) is 19.4. The summed E-state index contributed by atoms with van der Waals surface area (Å²) in [6, 6.07) is 16.1. The van der Waals surface area contributed by atoms with Crippen LogP contribution < -0.4 is 42.4 Å². The minimum Gasteiger partial charge on any atom is -1.00 e. The number of fused-ring (bicyclic) bond motifs is 1. The molecule has 5 N–H and O–H groups in total. The second kappa shape index (κ2) is 21.7. The molecule has 0 bridgehead atoms. The quantitative estimate of drug-likeness (QED) is 0.156. The van der Waals surface area contributed by atoms with Crippen LogP contribution in [0.5, 0.6) is 23.0 Å². The fourth-order valence-electron chi connectivity index (χ4n) is 7.52. The predicted molar refractivity (Wildman–Crippen MR) is 216 cm³/mol. The minimum absolute atomic E-state index is 0. The Labute approximate surface area is 343 Å². The number of aliphatic hydroxyl groups excluding tert-OH is 1. The molecule has 310 valence electrons. The Morgan fingerprint density at radius 1 is 0.772 bits per heavy atom. The lowest BCUT2D eigenvalue weighted by molar-refractivity contribution is -0.432. The van der Waals surface area contributed by atoms with Crippen molar-refractivity contribution < 1.29 is 61.4 Å². The number of aliphatic hydroxyl groups is 1. The van der Waals surface area contributed by atoms with Gasteiger partial charge in [0.15, 0.2) is 29.2 Å². The number of anilines is 1. The molecule has 12 heteroatoms. The number of Topliss-reactive ketones (excluding diaryl/α,β-unsaturated/α-hetero) is 2. The first-order chi connectivity index (χ1) is 26.7. The normalized spacial score (nSPS) is 14.6. The molecular formula is C45H59ClN2O9. The van der Waals surface area contributed by atoms with Gasteiger partial charge in [0.25, 0.3) is 0 Å². The number of hydrogen-bond acceptors (Lipinski definition) is 9. The van der Waals surface area contributed by atoms with Crippen molar-refractivity contribution >= 4 is 34.5 Å². The van der Waals surface area contributed by atoms with Crippen molar-refractivity contribution in [2.75, 3.05) is 33.8 Å². The zero-order valence-electron chi connectivity index (χ0n) is 34.5. The van der Waals surface area contributed by atoms with Crippen molar-refractivity contribution in [1.82, 2.24) is 0 Å². The van der Waals surface area contributed by atoms with E-state index in [1.165, 1.54) is 21.3 Å². The highest BCUT2D eigenvalue weighted by Crippen LogP contribution is 2.47. The van der Waals surface area contributed by atoms with E-state index in [1.54, 1.807) is 25.3 Å². The number of ether oxygens (including phenoxy) is 4. The molecule has 4 unspecified atom stereocenters. The fraction of sp³-hybridized carbons (Fsp3) is 0.467. The van der Waals surface area contributed by atoms with Crippen molar-refractivity contribution in [2.24, 2.45) is 23.7 Å². The molecule has 4 rings (SSSR count). The summed E-state index contributed by atoms with van der Waals surface area (Å²) in [6.45, 7) is 7.94. The average Bonchev–Trinajstić information content (AvgIpc) is 3.34. The molecule has 0 aromatic heterocycles. The molecule has 3 aromatic carbocycles. The standard InChI is InChI=1S/C45H58N2O9.ClH/c1-26(2)18-30(22-39(50)42(51)36(46)20-28-12-10-9-11-13-28)38(49)23-31(19-27(3)4)45(52)47-37-21-29(14-17-40(37)53-5)34-24-32(48)15-16-33-35(34)25-41(54-6)44(56-8)43(33)55-7;/h9-14,17,21,24-27,30-31,36,42,51H,15-16,18-20,22-23,46H2,1-8H3,(H,47,52);1H. The first-order valence-electron chi connectivity index (χ1n) is 19.4. The maximum atomic E-state index is 14.2. The number of quaternary nitrogens is 1. The van der Waals surface area contributed by atoms with E-state index in [1.807, 2.05) is 70.2 Å². The molecule has 57 heavy (non-hydrogen) atoms. The predicted octanol–water partition coefficient (Wildman–Crippen LogP) is 3.07. The van der Waals surface area contributed by atoms with Crippen LogP contribution in [0.1, 0.15) is 82.1 Å². The van der Waals surface area contributed by atoms with Gasteiger partial charge in [-0.2, -0.15) is 0 Å². The summed E-state index contributed by atoms with van der Waals surface area (Å²) in [5, 5.41) is 14.0. The van der Waals surface area contributed by atoms with Crippen LogP contribution in [0.4, 0.5) is 5.69 Å². The number of carbonyl (C=O) groups is 4. The summed E-state index contributed by atoms with van der Waals surface area (Å²) in [5.74, 6) is -0.465. The van der Waals surface area contributed by atoms with Gasteiger partial charge in [-0.15, -0.1) is 0 Å². The molecule has 3 aromatic rings. The molecule has 0 saturated heterocycles. The van der Waals surface area contributed by atoms with Gasteiger partial charge in [-0.05, 0) is 77.6 Å². The Morgan fingerprint density at radius 2 is 1.39 bits per heavy atom. The SMILES string of the molecule is COc1ccc(C2=CC(=O)CCc3c2cc(OC)c(OC)c3OC)cc1NC(=O)C(CC(=O)C(CC(=O)C(O)C([NH3+])Cc1ccccc1)CC(C)C)CC(C)C.[Cl-]. The van der Waals surface area contributed by atoms with Gasteiger partial charge in [-0.1, -0.05) is 64.1 Å². The van der Waals surface area contributed by atoms with Gasteiger partial charge in [0.1, 0.15) is 17.6 Å². The van der Waals surface area contributed by atoms with E-state index in [9.17, 15) is 24.3 Å². The van der Waals surface area contributed by atoms with Gasteiger partial charge in [-0.3, -0.25) is 19.2 Å². The van der Waals surface area contributed by atoms with Crippen LogP contribution in [0.25, 0.3) is 5.57 Å². The van der Waals surface area contributed by atoms with Gasteiger partial charge < -0.3 is 47.5 Å². The summed E-state index contributed by atoms with van der Waals surface area (Å²) in [6.07, 6.45) is 2.07. The summed E-state index contributed by atoms with van der Waals surface area (Å²) >= 11 is 0. The average molecular weight is 807 g/mol. The van der Waals surface area contributed by atoms with Crippen LogP contribution in [0.15, 0.2) is 60.7 Å². The highest BCUT2D eigenvalue weighted by atomic mass is 35.5. The van der Waals surface area contributed by atoms with E-state index in [2.05, 4.69) is 11.1 Å². The number of hydrogen-bond donors (Lipinski definition) is 3. The molecule has 0 spiro atoms. The number of benzene rings is 3. The van der Waals surface area contributed by atoms with Crippen molar-refractivity contribution in [3.63, 3.8) is 0 Å². The molecule has 0 saturated carbocycles.